The summed E-state index contributed by atoms with van der Waals surface area (Å²) in [6.45, 7) is 0.678. The first-order valence-electron chi connectivity index (χ1n) is 7.48. The summed E-state index contributed by atoms with van der Waals surface area (Å²) in [5, 5.41) is 5.07. The first-order valence-corrected chi connectivity index (χ1v) is 7.48. The van der Waals surface area contributed by atoms with Crippen molar-refractivity contribution in [3.05, 3.63) is 53.6 Å². The largest absolute Gasteiger partial charge is 0.398 e. The molecular formula is C18H20N2O. The van der Waals surface area contributed by atoms with Gasteiger partial charge >= 0.3 is 0 Å². The second-order valence-electron chi connectivity index (χ2n) is 5.55. The van der Waals surface area contributed by atoms with Crippen LogP contribution in [0.1, 0.15) is 36.0 Å². The average Bonchev–Trinajstić information content (AvgIpc) is 2.99. The highest BCUT2D eigenvalue weighted by atomic mass is 16.1. The molecule has 1 aliphatic rings. The van der Waals surface area contributed by atoms with Gasteiger partial charge in [0, 0.05) is 12.2 Å². The first-order chi connectivity index (χ1) is 10.2. The topological polar surface area (TPSA) is 55.1 Å². The van der Waals surface area contributed by atoms with Gasteiger partial charge in [0.15, 0.2) is 0 Å². The smallest absolute Gasteiger partial charge is 0.253 e. The lowest BCUT2D eigenvalue weighted by Gasteiger charge is -2.09. The molecule has 0 heterocycles. The van der Waals surface area contributed by atoms with E-state index >= 15 is 0 Å². The molecule has 3 N–H and O–H groups in total. The van der Waals surface area contributed by atoms with Crippen molar-refractivity contribution in [2.45, 2.75) is 25.7 Å². The minimum atomic E-state index is -0.0862. The van der Waals surface area contributed by atoms with Crippen molar-refractivity contribution in [3.63, 3.8) is 0 Å². The van der Waals surface area contributed by atoms with Crippen molar-refractivity contribution in [1.82, 2.24) is 5.32 Å². The fourth-order valence-electron chi connectivity index (χ4n) is 2.85. The fourth-order valence-corrected chi connectivity index (χ4v) is 2.85. The maximum Gasteiger partial charge on any atom is 0.253 e. The predicted octanol–water partition coefficient (Wildman–Crippen LogP) is 3.65. The lowest BCUT2D eigenvalue weighted by molar-refractivity contribution is 0.0955. The Bertz CT molecular complexity index is 703. The molecule has 1 amide bonds. The Balaban J connectivity index is 1.70. The van der Waals surface area contributed by atoms with Gasteiger partial charge in [0.05, 0.1) is 5.56 Å². The van der Waals surface area contributed by atoms with Gasteiger partial charge in [-0.25, -0.2) is 0 Å². The SMILES string of the molecule is Nc1cc2ccccc2cc1C(=O)NCCC1=CCCC1. The van der Waals surface area contributed by atoms with Crippen LogP contribution in [0.25, 0.3) is 10.8 Å². The number of fused-ring (bicyclic) bond motifs is 1. The highest BCUT2D eigenvalue weighted by molar-refractivity contribution is 6.03. The van der Waals surface area contributed by atoms with Gasteiger partial charge in [-0.3, -0.25) is 4.79 Å². The number of amides is 1. The van der Waals surface area contributed by atoms with Crippen LogP contribution in [-0.2, 0) is 0 Å². The molecule has 3 rings (SSSR count). The minimum absolute atomic E-state index is 0.0862. The van der Waals surface area contributed by atoms with Gasteiger partial charge in [0.2, 0.25) is 0 Å². The lowest BCUT2D eigenvalue weighted by atomic mass is 10.0. The molecule has 3 nitrogen and oxygen atoms in total. The number of nitrogens with two attached hydrogens (primary N) is 1. The zero-order valence-corrected chi connectivity index (χ0v) is 12.1. The van der Waals surface area contributed by atoms with E-state index in [4.69, 9.17) is 5.73 Å². The molecule has 0 unspecified atom stereocenters. The molecule has 1 aliphatic carbocycles. The van der Waals surface area contributed by atoms with Crippen LogP contribution in [0.5, 0.6) is 0 Å². The molecule has 0 spiro atoms. The van der Waals surface area contributed by atoms with Gasteiger partial charge < -0.3 is 11.1 Å². The molecule has 0 bridgehead atoms. The van der Waals surface area contributed by atoms with E-state index in [1.165, 1.54) is 24.8 Å². The van der Waals surface area contributed by atoms with Crippen LogP contribution in [0, 0.1) is 0 Å². The number of anilines is 1. The summed E-state index contributed by atoms with van der Waals surface area (Å²) in [6, 6.07) is 11.7. The molecule has 3 heteroatoms. The Hall–Kier alpha value is -2.29. The van der Waals surface area contributed by atoms with Crippen molar-refractivity contribution in [1.29, 1.82) is 0 Å². The van der Waals surface area contributed by atoms with Gasteiger partial charge in [-0.2, -0.15) is 0 Å². The Labute approximate surface area is 124 Å². The van der Waals surface area contributed by atoms with E-state index in [-0.39, 0.29) is 5.91 Å². The van der Waals surface area contributed by atoms with E-state index in [1.54, 1.807) is 0 Å². The monoisotopic (exact) mass is 280 g/mol. The van der Waals surface area contributed by atoms with Crippen LogP contribution in [0.3, 0.4) is 0 Å². The number of nitrogens with one attached hydrogen (secondary N) is 1. The highest BCUT2D eigenvalue weighted by Crippen LogP contribution is 2.22. The Kier molecular flexibility index (Phi) is 3.91. The van der Waals surface area contributed by atoms with Gasteiger partial charge in [-0.05, 0) is 48.6 Å². The Morgan fingerprint density at radius 3 is 2.67 bits per heavy atom. The number of carbonyl (C=O) groups is 1. The standard InChI is InChI=1S/C18H20N2O/c19-17-12-15-8-4-3-7-14(15)11-16(17)18(21)20-10-9-13-5-1-2-6-13/h3-5,7-8,11-12H,1-2,6,9-10,19H2,(H,20,21). The number of benzene rings is 2. The van der Waals surface area contributed by atoms with E-state index in [2.05, 4.69) is 11.4 Å². The lowest BCUT2D eigenvalue weighted by Crippen LogP contribution is -2.25. The number of carbonyl (C=O) groups excluding carboxylic acids is 1. The summed E-state index contributed by atoms with van der Waals surface area (Å²) in [7, 11) is 0. The average molecular weight is 280 g/mol. The second-order valence-corrected chi connectivity index (χ2v) is 5.55. The van der Waals surface area contributed by atoms with Crippen LogP contribution in [0.15, 0.2) is 48.0 Å². The van der Waals surface area contributed by atoms with Crippen molar-refractivity contribution >= 4 is 22.4 Å². The number of rotatable bonds is 4. The van der Waals surface area contributed by atoms with E-state index in [0.29, 0.717) is 17.8 Å². The Morgan fingerprint density at radius 1 is 1.19 bits per heavy atom. The van der Waals surface area contributed by atoms with E-state index in [9.17, 15) is 4.79 Å². The molecule has 108 valence electrons. The molecule has 0 saturated carbocycles. The number of hydrogen-bond acceptors (Lipinski definition) is 2. The van der Waals surface area contributed by atoms with E-state index in [0.717, 1.165) is 17.2 Å². The van der Waals surface area contributed by atoms with Crippen molar-refractivity contribution in [2.24, 2.45) is 0 Å². The second kappa shape index (κ2) is 6.00. The zero-order chi connectivity index (χ0) is 14.7. The van der Waals surface area contributed by atoms with E-state index < -0.39 is 0 Å². The van der Waals surface area contributed by atoms with Crippen molar-refractivity contribution < 1.29 is 4.79 Å². The summed E-state index contributed by atoms with van der Waals surface area (Å²) in [5.74, 6) is -0.0862. The van der Waals surface area contributed by atoms with Crippen molar-refractivity contribution in [3.8, 4) is 0 Å². The van der Waals surface area contributed by atoms with Crippen LogP contribution < -0.4 is 11.1 Å². The molecule has 0 radical (unpaired) electrons. The fraction of sp³-hybridized carbons (Fsp3) is 0.278. The first kappa shape index (κ1) is 13.7. The molecule has 2 aromatic rings. The number of allylic oxidation sites excluding steroid dienone is 1. The molecular weight excluding hydrogens is 260 g/mol. The summed E-state index contributed by atoms with van der Waals surface area (Å²) in [6.07, 6.45) is 6.84. The normalized spacial score (nSPS) is 14.2. The van der Waals surface area contributed by atoms with E-state index in [1.807, 2.05) is 36.4 Å². The van der Waals surface area contributed by atoms with Crippen LogP contribution >= 0.6 is 0 Å². The van der Waals surface area contributed by atoms with Gasteiger partial charge in [0.1, 0.15) is 0 Å². The van der Waals surface area contributed by atoms with Crippen molar-refractivity contribution in [2.75, 3.05) is 12.3 Å². The molecule has 0 fully saturated rings. The Morgan fingerprint density at radius 2 is 1.95 bits per heavy atom. The highest BCUT2D eigenvalue weighted by Gasteiger charge is 2.11. The molecule has 0 saturated heterocycles. The maximum atomic E-state index is 12.3. The quantitative estimate of drug-likeness (QED) is 0.663. The van der Waals surface area contributed by atoms with Crippen LogP contribution in [0.2, 0.25) is 0 Å². The molecule has 21 heavy (non-hydrogen) atoms. The molecule has 0 aromatic heterocycles. The number of nitrogen functional groups attached to an aromatic ring is 1. The van der Waals surface area contributed by atoms with Gasteiger partial charge in [-0.15, -0.1) is 0 Å². The zero-order valence-electron chi connectivity index (χ0n) is 12.1. The summed E-state index contributed by atoms with van der Waals surface area (Å²) >= 11 is 0. The molecule has 2 aromatic carbocycles. The third kappa shape index (κ3) is 3.07. The van der Waals surface area contributed by atoms with Crippen LogP contribution in [-0.4, -0.2) is 12.5 Å². The summed E-state index contributed by atoms with van der Waals surface area (Å²) < 4.78 is 0. The van der Waals surface area contributed by atoms with Crippen LogP contribution in [0.4, 0.5) is 5.69 Å². The molecule has 0 aliphatic heterocycles. The third-order valence-electron chi connectivity index (χ3n) is 4.03. The summed E-state index contributed by atoms with van der Waals surface area (Å²) in [5.41, 5.74) is 8.57. The number of hydrogen-bond donors (Lipinski definition) is 2. The minimum Gasteiger partial charge on any atom is -0.398 e. The molecule has 0 atom stereocenters. The summed E-state index contributed by atoms with van der Waals surface area (Å²) in [4.78, 5) is 12.3. The van der Waals surface area contributed by atoms with Gasteiger partial charge in [0.25, 0.3) is 5.91 Å². The third-order valence-corrected chi connectivity index (χ3v) is 4.03. The predicted molar refractivity (Wildman–Crippen MR) is 87.2 cm³/mol. The van der Waals surface area contributed by atoms with Gasteiger partial charge in [-0.1, -0.05) is 35.9 Å². The maximum absolute atomic E-state index is 12.3.